The van der Waals surface area contributed by atoms with Crippen LogP contribution in [0.3, 0.4) is 0 Å². The third-order valence-corrected chi connectivity index (χ3v) is 4.44. The minimum Gasteiger partial charge on any atom is -0.497 e. The van der Waals surface area contributed by atoms with Crippen molar-refractivity contribution >= 4 is 23.1 Å². The lowest BCUT2D eigenvalue weighted by molar-refractivity contribution is 0.0976. The molecule has 0 fully saturated rings. The highest BCUT2D eigenvalue weighted by Gasteiger charge is 2.17. The zero-order valence-corrected chi connectivity index (χ0v) is 15.2. The van der Waals surface area contributed by atoms with Gasteiger partial charge >= 0.3 is 0 Å². The summed E-state index contributed by atoms with van der Waals surface area (Å²) in [5, 5.41) is 4.12. The fourth-order valence-electron chi connectivity index (χ4n) is 2.76. The molecule has 0 saturated heterocycles. The van der Waals surface area contributed by atoms with Gasteiger partial charge in [-0.3, -0.25) is 4.79 Å². The van der Waals surface area contributed by atoms with Gasteiger partial charge in [-0.25, -0.2) is 0 Å². The fourth-order valence-corrected chi connectivity index (χ4v) is 2.89. The van der Waals surface area contributed by atoms with Crippen LogP contribution in [0, 0.1) is 0 Å². The Morgan fingerprint density at radius 3 is 2.23 bits per heavy atom. The van der Waals surface area contributed by atoms with Crippen LogP contribution in [-0.2, 0) is 0 Å². The molecule has 0 radical (unpaired) electrons. The average Bonchev–Trinajstić information content (AvgIpc) is 2.69. The SMILES string of the molecule is COc1ccc(C(=O)CC(Nc2ccccc2)c2ccc(Cl)cc2)cc1. The van der Waals surface area contributed by atoms with Crippen LogP contribution >= 0.6 is 11.6 Å². The number of Topliss-reactive ketones (excluding diaryl/α,β-unsaturated/α-hetero) is 1. The molecule has 1 N–H and O–H groups in total. The van der Waals surface area contributed by atoms with Gasteiger partial charge < -0.3 is 10.1 Å². The second-order valence-electron chi connectivity index (χ2n) is 5.97. The molecule has 1 atom stereocenters. The van der Waals surface area contributed by atoms with Gasteiger partial charge in [0.25, 0.3) is 0 Å². The Bertz CT molecular complexity index is 846. The van der Waals surface area contributed by atoms with Crippen LogP contribution in [0.25, 0.3) is 0 Å². The van der Waals surface area contributed by atoms with E-state index >= 15 is 0 Å². The molecule has 3 aromatic carbocycles. The summed E-state index contributed by atoms with van der Waals surface area (Å²) in [5.74, 6) is 0.800. The van der Waals surface area contributed by atoms with Crippen LogP contribution in [0.4, 0.5) is 5.69 Å². The van der Waals surface area contributed by atoms with Gasteiger partial charge in [-0.2, -0.15) is 0 Å². The minimum atomic E-state index is -0.149. The first kappa shape index (κ1) is 18.0. The van der Waals surface area contributed by atoms with Crippen LogP contribution in [0.2, 0.25) is 5.02 Å². The van der Waals surface area contributed by atoms with Crippen LogP contribution in [0.5, 0.6) is 5.75 Å². The summed E-state index contributed by atoms with van der Waals surface area (Å²) in [6.07, 6.45) is 0.336. The summed E-state index contributed by atoms with van der Waals surface area (Å²) in [7, 11) is 1.61. The average molecular weight is 366 g/mol. The second kappa shape index (κ2) is 8.54. The van der Waals surface area contributed by atoms with E-state index < -0.39 is 0 Å². The molecule has 0 heterocycles. The number of methoxy groups -OCH3 is 1. The number of carbonyl (C=O) groups excluding carboxylic acids is 1. The first-order valence-corrected chi connectivity index (χ1v) is 8.78. The number of anilines is 1. The second-order valence-corrected chi connectivity index (χ2v) is 6.41. The Morgan fingerprint density at radius 2 is 1.62 bits per heavy atom. The van der Waals surface area contributed by atoms with E-state index in [-0.39, 0.29) is 11.8 Å². The molecule has 3 aromatic rings. The fraction of sp³-hybridized carbons (Fsp3) is 0.136. The van der Waals surface area contributed by atoms with Crippen molar-refractivity contribution in [3.8, 4) is 5.75 Å². The Kier molecular flexibility index (Phi) is 5.92. The number of ketones is 1. The van der Waals surface area contributed by atoms with Crippen LogP contribution in [-0.4, -0.2) is 12.9 Å². The van der Waals surface area contributed by atoms with E-state index in [4.69, 9.17) is 16.3 Å². The maximum Gasteiger partial charge on any atom is 0.165 e. The summed E-state index contributed by atoms with van der Waals surface area (Å²) in [4.78, 5) is 12.8. The largest absolute Gasteiger partial charge is 0.497 e. The Hall–Kier alpha value is -2.78. The predicted octanol–water partition coefficient (Wildman–Crippen LogP) is 5.77. The third-order valence-electron chi connectivity index (χ3n) is 4.19. The normalized spacial score (nSPS) is 11.6. The molecule has 26 heavy (non-hydrogen) atoms. The Morgan fingerprint density at radius 1 is 0.962 bits per heavy atom. The van der Waals surface area contributed by atoms with Gasteiger partial charge in [0.2, 0.25) is 0 Å². The quantitative estimate of drug-likeness (QED) is 0.540. The lowest BCUT2D eigenvalue weighted by atomic mass is 9.97. The van der Waals surface area contributed by atoms with E-state index in [1.807, 2.05) is 54.6 Å². The number of hydrogen-bond acceptors (Lipinski definition) is 3. The number of para-hydroxylation sites is 1. The zero-order chi connectivity index (χ0) is 18.4. The molecule has 3 nitrogen and oxygen atoms in total. The summed E-state index contributed by atoms with van der Waals surface area (Å²) in [6, 6.07) is 24.5. The number of nitrogens with one attached hydrogen (secondary N) is 1. The Labute approximate surface area is 158 Å². The van der Waals surface area contributed by atoms with E-state index in [9.17, 15) is 4.79 Å². The van der Waals surface area contributed by atoms with Crippen molar-refractivity contribution in [2.24, 2.45) is 0 Å². The highest BCUT2D eigenvalue weighted by Crippen LogP contribution is 2.26. The first-order valence-electron chi connectivity index (χ1n) is 8.40. The Balaban J connectivity index is 1.82. The number of rotatable bonds is 7. The smallest absolute Gasteiger partial charge is 0.165 e. The first-order chi connectivity index (χ1) is 12.7. The molecule has 0 aliphatic rings. The summed E-state index contributed by atoms with van der Waals surface area (Å²) in [5.41, 5.74) is 2.65. The van der Waals surface area contributed by atoms with Gasteiger partial charge in [0.05, 0.1) is 13.2 Å². The van der Waals surface area contributed by atoms with Crippen LogP contribution in [0.1, 0.15) is 28.4 Å². The molecule has 0 bridgehead atoms. The molecule has 0 aliphatic carbocycles. The van der Waals surface area contributed by atoms with Crippen molar-refractivity contribution in [2.75, 3.05) is 12.4 Å². The van der Waals surface area contributed by atoms with Gasteiger partial charge in [0.1, 0.15) is 5.75 Å². The molecule has 0 aromatic heterocycles. The summed E-state index contributed by atoms with van der Waals surface area (Å²) >= 11 is 6.01. The maximum atomic E-state index is 12.8. The standard InChI is InChI=1S/C22H20ClNO2/c1-26-20-13-9-17(10-14-20)22(25)15-21(16-7-11-18(23)12-8-16)24-19-5-3-2-4-6-19/h2-14,21,24H,15H2,1H3. The topological polar surface area (TPSA) is 38.3 Å². The van der Waals surface area contributed by atoms with Crippen molar-refractivity contribution in [3.63, 3.8) is 0 Å². The van der Waals surface area contributed by atoms with Crippen molar-refractivity contribution < 1.29 is 9.53 Å². The lowest BCUT2D eigenvalue weighted by Gasteiger charge is -2.20. The molecule has 3 rings (SSSR count). The number of hydrogen-bond donors (Lipinski definition) is 1. The van der Waals surface area contributed by atoms with E-state index in [0.717, 1.165) is 17.0 Å². The minimum absolute atomic E-state index is 0.0658. The molecule has 0 aliphatic heterocycles. The molecule has 0 spiro atoms. The number of ether oxygens (including phenoxy) is 1. The van der Waals surface area contributed by atoms with Gasteiger partial charge in [0, 0.05) is 22.7 Å². The van der Waals surface area contributed by atoms with Crippen molar-refractivity contribution in [1.29, 1.82) is 0 Å². The molecule has 0 saturated carbocycles. The van der Waals surface area contributed by atoms with Crippen molar-refractivity contribution in [1.82, 2.24) is 0 Å². The summed E-state index contributed by atoms with van der Waals surface area (Å²) < 4.78 is 5.15. The molecule has 0 amide bonds. The van der Waals surface area contributed by atoms with Crippen molar-refractivity contribution in [2.45, 2.75) is 12.5 Å². The van der Waals surface area contributed by atoms with Crippen LogP contribution in [0.15, 0.2) is 78.9 Å². The van der Waals surface area contributed by atoms with E-state index in [2.05, 4.69) is 5.32 Å². The monoisotopic (exact) mass is 365 g/mol. The number of halogens is 1. The maximum absolute atomic E-state index is 12.8. The van der Waals surface area contributed by atoms with Gasteiger partial charge in [-0.05, 0) is 54.1 Å². The van der Waals surface area contributed by atoms with Gasteiger partial charge in [-0.1, -0.05) is 41.9 Å². The van der Waals surface area contributed by atoms with E-state index in [0.29, 0.717) is 17.0 Å². The highest BCUT2D eigenvalue weighted by molar-refractivity contribution is 6.30. The molecular weight excluding hydrogens is 346 g/mol. The van der Waals surface area contributed by atoms with Gasteiger partial charge in [-0.15, -0.1) is 0 Å². The molecule has 4 heteroatoms. The van der Waals surface area contributed by atoms with E-state index in [1.54, 1.807) is 31.4 Å². The predicted molar refractivity (Wildman–Crippen MR) is 106 cm³/mol. The zero-order valence-electron chi connectivity index (χ0n) is 14.5. The van der Waals surface area contributed by atoms with E-state index in [1.165, 1.54) is 0 Å². The molecular formula is C22H20ClNO2. The third kappa shape index (κ3) is 4.64. The van der Waals surface area contributed by atoms with Crippen molar-refractivity contribution in [3.05, 3.63) is 95.0 Å². The molecule has 1 unspecified atom stereocenters. The van der Waals surface area contributed by atoms with Gasteiger partial charge in [0.15, 0.2) is 5.78 Å². The highest BCUT2D eigenvalue weighted by atomic mass is 35.5. The molecule has 132 valence electrons. The lowest BCUT2D eigenvalue weighted by Crippen LogP contribution is -2.15. The number of benzene rings is 3. The van der Waals surface area contributed by atoms with Crippen LogP contribution < -0.4 is 10.1 Å². The number of carbonyl (C=O) groups is 1. The summed E-state index contributed by atoms with van der Waals surface area (Å²) in [6.45, 7) is 0.